The van der Waals surface area contributed by atoms with Crippen molar-refractivity contribution in [2.24, 2.45) is 5.92 Å². The number of alkyl halides is 3. The number of amides is 2. The quantitative estimate of drug-likeness (QED) is 0.524. The van der Waals surface area contributed by atoms with Gasteiger partial charge in [-0.25, -0.2) is 13.1 Å². The van der Waals surface area contributed by atoms with Crippen molar-refractivity contribution in [3.8, 4) is 0 Å². The van der Waals surface area contributed by atoms with Gasteiger partial charge >= 0.3 is 12.1 Å². The van der Waals surface area contributed by atoms with Gasteiger partial charge in [-0.15, -0.1) is 0 Å². The van der Waals surface area contributed by atoms with Crippen molar-refractivity contribution in [1.29, 1.82) is 0 Å². The molecule has 12 heteroatoms. The molecule has 1 aromatic carbocycles. The van der Waals surface area contributed by atoms with Crippen molar-refractivity contribution in [3.05, 3.63) is 29.8 Å². The number of methoxy groups -OCH3 is 1. The standard InChI is InChI=1S/C20H26F3N3O5S/c1-12(16(31-2)15-4-3-11-24-15)17(27)26-32(29,30)14-7-5-13(6-8-14)19(9-10-19)25-18(28)20(21,22)23/h5-8,12,15-16,24H,3-4,9-11H2,1-2H3,(H,25,28)(H,26,27)/t12-,15+,16-/m1/s1. The Kier molecular flexibility index (Phi) is 6.87. The molecule has 0 bridgehead atoms. The summed E-state index contributed by atoms with van der Waals surface area (Å²) in [6, 6.07) is 5.02. The highest BCUT2D eigenvalue weighted by Crippen LogP contribution is 2.46. The number of benzene rings is 1. The molecule has 2 aliphatic rings. The molecule has 1 saturated heterocycles. The van der Waals surface area contributed by atoms with Gasteiger partial charge in [-0.3, -0.25) is 9.59 Å². The fourth-order valence-corrected chi connectivity index (χ4v) is 5.06. The van der Waals surface area contributed by atoms with E-state index < -0.39 is 45.6 Å². The SMILES string of the molecule is CO[C@@H]([C@@H]1CCCN1)[C@@H](C)C(=O)NS(=O)(=O)c1ccc(C2(NC(=O)C(F)(F)F)CC2)cc1. The molecular weight excluding hydrogens is 451 g/mol. The van der Waals surface area contributed by atoms with Crippen molar-refractivity contribution in [2.75, 3.05) is 13.7 Å². The number of hydrogen-bond acceptors (Lipinski definition) is 6. The van der Waals surface area contributed by atoms with Crippen LogP contribution in [0.5, 0.6) is 0 Å². The van der Waals surface area contributed by atoms with Gasteiger partial charge in [0.1, 0.15) is 0 Å². The second kappa shape index (κ2) is 8.99. The molecule has 1 saturated carbocycles. The van der Waals surface area contributed by atoms with Crippen LogP contribution in [0.3, 0.4) is 0 Å². The van der Waals surface area contributed by atoms with Gasteiger partial charge < -0.3 is 15.4 Å². The van der Waals surface area contributed by atoms with E-state index in [1.165, 1.54) is 31.4 Å². The Balaban J connectivity index is 1.68. The summed E-state index contributed by atoms with van der Waals surface area (Å²) in [5, 5.41) is 5.20. The van der Waals surface area contributed by atoms with E-state index in [-0.39, 0.29) is 10.9 Å². The molecule has 32 heavy (non-hydrogen) atoms. The van der Waals surface area contributed by atoms with E-state index in [2.05, 4.69) is 5.32 Å². The second-order valence-electron chi connectivity index (χ2n) is 8.22. The van der Waals surface area contributed by atoms with Gasteiger partial charge in [0.2, 0.25) is 5.91 Å². The van der Waals surface area contributed by atoms with Crippen LogP contribution in [-0.4, -0.2) is 52.2 Å². The molecule has 8 nitrogen and oxygen atoms in total. The highest BCUT2D eigenvalue weighted by molar-refractivity contribution is 7.90. The lowest BCUT2D eigenvalue weighted by atomic mass is 9.96. The molecular formula is C20H26F3N3O5S. The molecule has 1 aliphatic carbocycles. The minimum Gasteiger partial charge on any atom is -0.379 e. The van der Waals surface area contributed by atoms with Gasteiger partial charge in [0, 0.05) is 13.2 Å². The van der Waals surface area contributed by atoms with Gasteiger partial charge in [0.15, 0.2) is 0 Å². The van der Waals surface area contributed by atoms with Gasteiger partial charge in [0.05, 0.1) is 22.5 Å². The fourth-order valence-electron chi connectivity index (χ4n) is 3.99. The number of halogens is 3. The lowest BCUT2D eigenvalue weighted by molar-refractivity contribution is -0.174. The summed E-state index contributed by atoms with van der Waals surface area (Å²) in [5.74, 6) is -3.50. The first-order chi connectivity index (χ1) is 14.9. The van der Waals surface area contributed by atoms with Crippen LogP contribution in [0.15, 0.2) is 29.2 Å². The van der Waals surface area contributed by atoms with E-state index >= 15 is 0 Å². The van der Waals surface area contributed by atoms with Crippen molar-refractivity contribution in [3.63, 3.8) is 0 Å². The Morgan fingerprint density at radius 1 is 1.22 bits per heavy atom. The number of rotatable bonds is 8. The van der Waals surface area contributed by atoms with E-state index in [4.69, 9.17) is 4.74 Å². The summed E-state index contributed by atoms with van der Waals surface area (Å²) >= 11 is 0. The van der Waals surface area contributed by atoms with Crippen LogP contribution in [-0.2, 0) is 29.9 Å². The first-order valence-electron chi connectivity index (χ1n) is 10.2. The number of nitrogens with one attached hydrogen (secondary N) is 3. The lowest BCUT2D eigenvalue weighted by Crippen LogP contribution is -2.47. The maximum Gasteiger partial charge on any atom is 0.471 e. The molecule has 2 fully saturated rings. The molecule has 2 amide bonds. The monoisotopic (exact) mass is 477 g/mol. The fraction of sp³-hybridized carbons (Fsp3) is 0.600. The molecule has 178 valence electrons. The number of ether oxygens (including phenoxy) is 1. The zero-order valence-corrected chi connectivity index (χ0v) is 18.5. The summed E-state index contributed by atoms with van der Waals surface area (Å²) in [6.07, 6.45) is -3.13. The molecule has 3 rings (SSSR count). The molecule has 0 radical (unpaired) electrons. The van der Waals surface area contributed by atoms with E-state index in [0.29, 0.717) is 18.4 Å². The predicted molar refractivity (Wildman–Crippen MR) is 108 cm³/mol. The topological polar surface area (TPSA) is 114 Å². The third kappa shape index (κ3) is 5.24. The molecule has 1 aromatic rings. The molecule has 3 N–H and O–H groups in total. The van der Waals surface area contributed by atoms with E-state index in [1.54, 1.807) is 6.92 Å². The summed E-state index contributed by atoms with van der Waals surface area (Å²) in [5.41, 5.74) is -0.799. The molecule has 0 spiro atoms. The minimum atomic E-state index is -5.01. The first-order valence-corrected chi connectivity index (χ1v) is 11.7. The van der Waals surface area contributed by atoms with Gasteiger partial charge in [-0.05, 0) is 49.9 Å². The zero-order chi connectivity index (χ0) is 23.7. The van der Waals surface area contributed by atoms with Crippen LogP contribution in [0.4, 0.5) is 13.2 Å². The maximum atomic E-state index is 12.7. The van der Waals surface area contributed by atoms with Gasteiger partial charge in [-0.1, -0.05) is 19.1 Å². The summed E-state index contributed by atoms with van der Waals surface area (Å²) in [7, 11) is -2.74. The average molecular weight is 478 g/mol. The number of sulfonamides is 1. The zero-order valence-electron chi connectivity index (χ0n) is 17.7. The van der Waals surface area contributed by atoms with Crippen LogP contribution in [0.25, 0.3) is 0 Å². The first kappa shape index (κ1) is 24.5. The number of carbonyl (C=O) groups excluding carboxylic acids is 2. The average Bonchev–Trinajstić information content (AvgIpc) is 3.30. The third-order valence-corrected chi connectivity index (χ3v) is 7.35. The highest BCUT2D eigenvalue weighted by atomic mass is 32.2. The van der Waals surface area contributed by atoms with E-state index in [9.17, 15) is 31.2 Å². The van der Waals surface area contributed by atoms with E-state index in [1.807, 2.05) is 10.0 Å². The number of carbonyl (C=O) groups is 2. The highest BCUT2D eigenvalue weighted by Gasteiger charge is 2.51. The third-order valence-electron chi connectivity index (χ3n) is 5.99. The minimum absolute atomic E-state index is 0.0515. The van der Waals surface area contributed by atoms with Crippen molar-refractivity contribution in [1.82, 2.24) is 15.4 Å². The Labute approximate surface area is 184 Å². The normalized spacial score (nSPS) is 22.1. The predicted octanol–water partition coefficient (Wildman–Crippen LogP) is 1.56. The van der Waals surface area contributed by atoms with Gasteiger partial charge in [-0.2, -0.15) is 13.2 Å². The molecule has 1 aliphatic heterocycles. The smallest absolute Gasteiger partial charge is 0.379 e. The Morgan fingerprint density at radius 2 is 1.84 bits per heavy atom. The maximum absolute atomic E-state index is 12.7. The van der Waals surface area contributed by atoms with Crippen LogP contribution in [0.1, 0.15) is 38.2 Å². The molecule has 0 aromatic heterocycles. The van der Waals surface area contributed by atoms with Crippen LogP contribution < -0.4 is 15.4 Å². The second-order valence-corrected chi connectivity index (χ2v) is 9.90. The van der Waals surface area contributed by atoms with Gasteiger partial charge in [0.25, 0.3) is 10.0 Å². The Hall–Kier alpha value is -2.18. The van der Waals surface area contributed by atoms with E-state index in [0.717, 1.165) is 19.4 Å². The summed E-state index contributed by atoms with van der Waals surface area (Å²) in [4.78, 5) is 23.7. The van der Waals surface area contributed by atoms with Crippen molar-refractivity contribution >= 4 is 21.8 Å². The Bertz CT molecular complexity index is 956. The molecule has 0 unspecified atom stereocenters. The summed E-state index contributed by atoms with van der Waals surface area (Å²) in [6.45, 7) is 2.39. The summed E-state index contributed by atoms with van der Waals surface area (Å²) < 4.78 is 70.5. The van der Waals surface area contributed by atoms with Crippen LogP contribution >= 0.6 is 0 Å². The molecule has 1 heterocycles. The van der Waals surface area contributed by atoms with Crippen LogP contribution in [0.2, 0.25) is 0 Å². The largest absolute Gasteiger partial charge is 0.471 e. The van der Waals surface area contributed by atoms with Crippen molar-refractivity contribution < 1.29 is 35.9 Å². The van der Waals surface area contributed by atoms with Crippen LogP contribution in [0, 0.1) is 5.92 Å². The van der Waals surface area contributed by atoms with Crippen molar-refractivity contribution in [2.45, 2.75) is 61.4 Å². The lowest BCUT2D eigenvalue weighted by Gasteiger charge is -2.27. The molecule has 3 atom stereocenters. The Morgan fingerprint density at radius 3 is 2.31 bits per heavy atom. The number of hydrogen-bond donors (Lipinski definition) is 3.